The van der Waals surface area contributed by atoms with Crippen molar-refractivity contribution in [2.75, 3.05) is 27.2 Å². The predicted octanol–water partition coefficient (Wildman–Crippen LogP) is 3.21. The van der Waals surface area contributed by atoms with Gasteiger partial charge in [-0.3, -0.25) is 9.59 Å². The van der Waals surface area contributed by atoms with Crippen molar-refractivity contribution in [1.82, 2.24) is 9.80 Å². The first kappa shape index (κ1) is 19.0. The van der Waals surface area contributed by atoms with Gasteiger partial charge in [0.05, 0.1) is 7.11 Å². The van der Waals surface area contributed by atoms with E-state index in [4.69, 9.17) is 4.74 Å². The van der Waals surface area contributed by atoms with Gasteiger partial charge in [0.1, 0.15) is 5.75 Å². The lowest BCUT2D eigenvalue weighted by atomic mass is 10.0. The molecule has 2 aromatic rings. The Labute approximate surface area is 160 Å². The number of carbonyl (C=O) groups excluding carboxylic acids is 2. The molecule has 5 nitrogen and oxygen atoms in total. The van der Waals surface area contributed by atoms with Crippen LogP contribution in [0.2, 0.25) is 0 Å². The third-order valence-corrected chi connectivity index (χ3v) is 5.04. The van der Waals surface area contributed by atoms with Gasteiger partial charge in [-0.25, -0.2) is 0 Å². The van der Waals surface area contributed by atoms with Crippen molar-refractivity contribution in [3.8, 4) is 5.75 Å². The van der Waals surface area contributed by atoms with E-state index >= 15 is 0 Å². The highest BCUT2D eigenvalue weighted by molar-refractivity contribution is 5.94. The van der Waals surface area contributed by atoms with Gasteiger partial charge >= 0.3 is 0 Å². The summed E-state index contributed by atoms with van der Waals surface area (Å²) in [7, 11) is 3.43. The van der Waals surface area contributed by atoms with Crippen LogP contribution in [0.5, 0.6) is 5.75 Å². The largest absolute Gasteiger partial charge is 0.497 e. The zero-order valence-corrected chi connectivity index (χ0v) is 15.9. The summed E-state index contributed by atoms with van der Waals surface area (Å²) in [5.74, 6) is 1.01. The Kier molecular flexibility index (Phi) is 6.12. The molecule has 1 fully saturated rings. The highest BCUT2D eigenvalue weighted by Gasteiger charge is 2.29. The molecule has 0 spiro atoms. The maximum Gasteiger partial charge on any atom is 0.253 e. The smallest absolute Gasteiger partial charge is 0.253 e. The molecular formula is C22H26N2O3. The Bertz CT molecular complexity index is 791. The fourth-order valence-electron chi connectivity index (χ4n) is 3.47. The second-order valence-corrected chi connectivity index (χ2v) is 7.08. The summed E-state index contributed by atoms with van der Waals surface area (Å²) >= 11 is 0. The minimum absolute atomic E-state index is 0.00138. The van der Waals surface area contributed by atoms with E-state index in [9.17, 15) is 9.59 Å². The van der Waals surface area contributed by atoms with Gasteiger partial charge in [0.25, 0.3) is 5.91 Å². The van der Waals surface area contributed by atoms with Crippen molar-refractivity contribution in [2.45, 2.75) is 19.4 Å². The summed E-state index contributed by atoms with van der Waals surface area (Å²) < 4.78 is 5.20. The van der Waals surface area contributed by atoms with E-state index in [0.717, 1.165) is 12.0 Å². The number of hydrogen-bond acceptors (Lipinski definition) is 3. The normalized spacial score (nSPS) is 16.2. The van der Waals surface area contributed by atoms with E-state index in [-0.39, 0.29) is 17.7 Å². The molecule has 2 aromatic carbocycles. The van der Waals surface area contributed by atoms with Gasteiger partial charge in [-0.1, -0.05) is 36.4 Å². The van der Waals surface area contributed by atoms with Gasteiger partial charge in [0.15, 0.2) is 0 Å². The molecule has 3 rings (SSSR count). The van der Waals surface area contributed by atoms with Crippen LogP contribution in [-0.4, -0.2) is 48.9 Å². The van der Waals surface area contributed by atoms with E-state index in [1.165, 1.54) is 0 Å². The van der Waals surface area contributed by atoms with Crippen LogP contribution in [0, 0.1) is 5.92 Å². The second-order valence-electron chi connectivity index (χ2n) is 7.08. The number of ether oxygens (including phenoxy) is 1. The molecule has 5 heteroatoms. The monoisotopic (exact) mass is 366 g/mol. The lowest BCUT2D eigenvalue weighted by molar-refractivity contribution is -0.131. The van der Waals surface area contributed by atoms with Crippen molar-refractivity contribution >= 4 is 11.8 Å². The molecule has 1 saturated heterocycles. The van der Waals surface area contributed by atoms with Gasteiger partial charge in [-0.05, 0) is 36.1 Å². The molecule has 2 amide bonds. The number of carbonyl (C=O) groups is 2. The molecule has 0 bridgehead atoms. The Hall–Kier alpha value is -2.82. The highest BCUT2D eigenvalue weighted by atomic mass is 16.5. The molecule has 0 N–H and O–H groups in total. The first-order valence-electron chi connectivity index (χ1n) is 9.28. The van der Waals surface area contributed by atoms with Crippen LogP contribution in [0.25, 0.3) is 0 Å². The van der Waals surface area contributed by atoms with Crippen LogP contribution in [0.15, 0.2) is 54.6 Å². The van der Waals surface area contributed by atoms with Crippen molar-refractivity contribution < 1.29 is 14.3 Å². The summed E-state index contributed by atoms with van der Waals surface area (Å²) in [6.45, 7) is 1.93. The van der Waals surface area contributed by atoms with E-state index in [0.29, 0.717) is 37.4 Å². The minimum atomic E-state index is 0.00138. The quantitative estimate of drug-likeness (QED) is 0.789. The van der Waals surface area contributed by atoms with Gasteiger partial charge < -0.3 is 14.5 Å². The number of likely N-dealkylation sites (tertiary alicyclic amines) is 1. The van der Waals surface area contributed by atoms with Crippen LogP contribution in [0.1, 0.15) is 28.8 Å². The van der Waals surface area contributed by atoms with Gasteiger partial charge in [-0.2, -0.15) is 0 Å². The number of methoxy groups -OCH3 is 1. The zero-order valence-electron chi connectivity index (χ0n) is 15.9. The summed E-state index contributed by atoms with van der Waals surface area (Å²) in [6, 6.07) is 17.2. The Balaban J connectivity index is 1.53. The summed E-state index contributed by atoms with van der Waals surface area (Å²) in [6.07, 6.45) is 1.34. The molecular weight excluding hydrogens is 340 g/mol. The standard InChI is InChI=1S/C22H26N2O3/c1-23(15-17-7-4-3-5-8-17)21(25)13-18-11-12-24(16-18)22(26)19-9-6-10-20(14-19)27-2/h3-10,14,18H,11-13,15-16H2,1-2H3. The van der Waals surface area contributed by atoms with Gasteiger partial charge in [0, 0.05) is 38.7 Å². The Morgan fingerprint density at radius 2 is 1.93 bits per heavy atom. The highest BCUT2D eigenvalue weighted by Crippen LogP contribution is 2.23. The summed E-state index contributed by atoms with van der Waals surface area (Å²) in [5.41, 5.74) is 1.75. The van der Waals surface area contributed by atoms with E-state index in [1.54, 1.807) is 24.1 Å². The van der Waals surface area contributed by atoms with Crippen molar-refractivity contribution in [3.63, 3.8) is 0 Å². The van der Waals surface area contributed by atoms with Crippen LogP contribution in [0.3, 0.4) is 0 Å². The number of benzene rings is 2. The number of rotatable bonds is 6. The van der Waals surface area contributed by atoms with Crippen molar-refractivity contribution in [3.05, 3.63) is 65.7 Å². The maximum absolute atomic E-state index is 12.7. The molecule has 1 aliphatic rings. The zero-order chi connectivity index (χ0) is 19.2. The summed E-state index contributed by atoms with van der Waals surface area (Å²) in [5, 5.41) is 0. The van der Waals surface area contributed by atoms with Crippen LogP contribution < -0.4 is 4.74 Å². The molecule has 0 aromatic heterocycles. The number of amides is 2. The molecule has 1 atom stereocenters. The van der Waals surface area contributed by atoms with Crippen LogP contribution >= 0.6 is 0 Å². The number of hydrogen-bond donors (Lipinski definition) is 0. The lowest BCUT2D eigenvalue weighted by Crippen LogP contribution is -2.31. The molecule has 142 valence electrons. The first-order valence-corrected chi connectivity index (χ1v) is 9.28. The third kappa shape index (κ3) is 4.88. The molecule has 27 heavy (non-hydrogen) atoms. The average Bonchev–Trinajstić information content (AvgIpc) is 3.16. The predicted molar refractivity (Wildman–Crippen MR) is 105 cm³/mol. The van der Waals surface area contributed by atoms with Gasteiger partial charge in [-0.15, -0.1) is 0 Å². The molecule has 0 saturated carbocycles. The Morgan fingerprint density at radius 1 is 1.15 bits per heavy atom. The van der Waals surface area contributed by atoms with E-state index in [1.807, 2.05) is 54.4 Å². The lowest BCUT2D eigenvalue weighted by Gasteiger charge is -2.20. The SMILES string of the molecule is COc1cccc(C(=O)N2CCC(CC(=O)N(C)Cc3ccccc3)C2)c1. The summed E-state index contributed by atoms with van der Waals surface area (Å²) in [4.78, 5) is 28.8. The van der Waals surface area contributed by atoms with Crippen LogP contribution in [-0.2, 0) is 11.3 Å². The first-order chi connectivity index (χ1) is 13.1. The number of nitrogens with zero attached hydrogens (tertiary/aromatic N) is 2. The minimum Gasteiger partial charge on any atom is -0.497 e. The molecule has 1 unspecified atom stereocenters. The van der Waals surface area contributed by atoms with Crippen molar-refractivity contribution in [2.24, 2.45) is 5.92 Å². The van der Waals surface area contributed by atoms with E-state index < -0.39 is 0 Å². The fourth-order valence-corrected chi connectivity index (χ4v) is 3.47. The van der Waals surface area contributed by atoms with E-state index in [2.05, 4.69) is 0 Å². The van der Waals surface area contributed by atoms with Crippen molar-refractivity contribution in [1.29, 1.82) is 0 Å². The van der Waals surface area contributed by atoms with Crippen LogP contribution in [0.4, 0.5) is 0 Å². The molecule has 0 aliphatic carbocycles. The molecule has 0 radical (unpaired) electrons. The fraction of sp³-hybridized carbons (Fsp3) is 0.364. The topological polar surface area (TPSA) is 49.9 Å². The van der Waals surface area contributed by atoms with Gasteiger partial charge in [0.2, 0.25) is 5.91 Å². The molecule has 1 heterocycles. The molecule has 1 aliphatic heterocycles. The maximum atomic E-state index is 12.7. The average molecular weight is 366 g/mol. The third-order valence-electron chi connectivity index (χ3n) is 5.04. The second kappa shape index (κ2) is 8.71. The Morgan fingerprint density at radius 3 is 2.67 bits per heavy atom.